The maximum atomic E-state index is 6.04. The highest BCUT2D eigenvalue weighted by Crippen LogP contribution is 2.43. The summed E-state index contributed by atoms with van der Waals surface area (Å²) in [7, 11) is 3.36. The number of ether oxygens (including phenoxy) is 2. The van der Waals surface area contributed by atoms with Crippen molar-refractivity contribution in [2.75, 3.05) is 25.7 Å². The molecule has 2 N–H and O–H groups in total. The molecule has 0 radical (unpaired) electrons. The normalized spacial score (nSPS) is 16.7. The highest BCUT2D eigenvalue weighted by atomic mass is 16.5. The zero-order valence-corrected chi connectivity index (χ0v) is 12.4. The standard InChI is InChI=1S/C17H20N2O2/c1-20-14-8-12-11-19(13-6-4-3-5-7-13)15(10-18)17(12)16(9-14)21-2/h3-9,15H,10-11,18H2,1-2H3. The monoisotopic (exact) mass is 284 g/mol. The largest absolute Gasteiger partial charge is 0.497 e. The predicted molar refractivity (Wildman–Crippen MR) is 84.0 cm³/mol. The van der Waals surface area contributed by atoms with Gasteiger partial charge in [0.2, 0.25) is 0 Å². The molecule has 2 aromatic carbocycles. The van der Waals surface area contributed by atoms with Crippen LogP contribution in [0, 0.1) is 0 Å². The van der Waals surface area contributed by atoms with Gasteiger partial charge in [0.25, 0.3) is 0 Å². The summed E-state index contributed by atoms with van der Waals surface area (Å²) < 4.78 is 10.9. The lowest BCUT2D eigenvalue weighted by atomic mass is 10.0. The van der Waals surface area contributed by atoms with Gasteiger partial charge in [0.15, 0.2) is 0 Å². The molecule has 1 aliphatic rings. The number of hydrogen-bond donors (Lipinski definition) is 1. The van der Waals surface area contributed by atoms with E-state index in [2.05, 4.69) is 23.1 Å². The van der Waals surface area contributed by atoms with Gasteiger partial charge >= 0.3 is 0 Å². The van der Waals surface area contributed by atoms with E-state index in [0.29, 0.717) is 6.54 Å². The quantitative estimate of drug-likeness (QED) is 0.938. The van der Waals surface area contributed by atoms with Crippen LogP contribution in [-0.4, -0.2) is 20.8 Å². The van der Waals surface area contributed by atoms with Gasteiger partial charge in [-0.25, -0.2) is 0 Å². The van der Waals surface area contributed by atoms with Gasteiger partial charge in [0.1, 0.15) is 11.5 Å². The smallest absolute Gasteiger partial charge is 0.128 e. The molecule has 1 atom stereocenters. The van der Waals surface area contributed by atoms with Crippen LogP contribution in [0.15, 0.2) is 42.5 Å². The maximum absolute atomic E-state index is 6.04. The van der Waals surface area contributed by atoms with Gasteiger partial charge in [-0.2, -0.15) is 0 Å². The van der Waals surface area contributed by atoms with Crippen molar-refractivity contribution < 1.29 is 9.47 Å². The van der Waals surface area contributed by atoms with E-state index < -0.39 is 0 Å². The van der Waals surface area contributed by atoms with Crippen LogP contribution in [0.4, 0.5) is 5.69 Å². The summed E-state index contributed by atoms with van der Waals surface area (Å²) >= 11 is 0. The molecule has 0 spiro atoms. The van der Waals surface area contributed by atoms with Crippen LogP contribution in [-0.2, 0) is 6.54 Å². The number of nitrogens with zero attached hydrogens (tertiary/aromatic N) is 1. The molecule has 0 bridgehead atoms. The van der Waals surface area contributed by atoms with Crippen molar-refractivity contribution in [3.63, 3.8) is 0 Å². The molecule has 0 aromatic heterocycles. The fourth-order valence-electron chi connectivity index (χ4n) is 3.04. The van der Waals surface area contributed by atoms with E-state index in [1.807, 2.05) is 24.3 Å². The molecule has 1 aliphatic heterocycles. The second-order valence-corrected chi connectivity index (χ2v) is 5.12. The Balaban J connectivity index is 2.07. The van der Waals surface area contributed by atoms with Crippen LogP contribution in [0.5, 0.6) is 11.5 Å². The number of hydrogen-bond acceptors (Lipinski definition) is 4. The first-order valence-electron chi connectivity index (χ1n) is 7.05. The van der Waals surface area contributed by atoms with Crippen molar-refractivity contribution >= 4 is 5.69 Å². The Bertz CT molecular complexity index is 628. The van der Waals surface area contributed by atoms with Gasteiger partial charge in [-0.05, 0) is 23.8 Å². The third kappa shape index (κ3) is 2.32. The number of anilines is 1. The summed E-state index contributed by atoms with van der Waals surface area (Å²) in [5.41, 5.74) is 9.60. The minimum Gasteiger partial charge on any atom is -0.497 e. The molecule has 2 aromatic rings. The first kappa shape index (κ1) is 13.8. The maximum Gasteiger partial charge on any atom is 0.128 e. The number of nitrogens with two attached hydrogens (primary N) is 1. The number of methoxy groups -OCH3 is 2. The highest BCUT2D eigenvalue weighted by molar-refractivity contribution is 5.60. The van der Waals surface area contributed by atoms with Crippen LogP contribution < -0.4 is 20.1 Å². The molecule has 4 heteroatoms. The lowest BCUT2D eigenvalue weighted by molar-refractivity contribution is 0.389. The second-order valence-electron chi connectivity index (χ2n) is 5.12. The minimum atomic E-state index is 0.128. The molecule has 1 heterocycles. The van der Waals surface area contributed by atoms with E-state index >= 15 is 0 Å². The first-order valence-corrected chi connectivity index (χ1v) is 7.05. The Kier molecular flexibility index (Phi) is 3.71. The zero-order chi connectivity index (χ0) is 14.8. The third-order valence-electron chi connectivity index (χ3n) is 4.02. The Hall–Kier alpha value is -2.20. The van der Waals surface area contributed by atoms with Gasteiger partial charge in [-0.1, -0.05) is 18.2 Å². The molecule has 1 unspecified atom stereocenters. The Morgan fingerprint density at radius 1 is 1.14 bits per heavy atom. The van der Waals surface area contributed by atoms with Crippen molar-refractivity contribution in [2.24, 2.45) is 5.73 Å². The van der Waals surface area contributed by atoms with Gasteiger partial charge < -0.3 is 20.1 Å². The molecule has 21 heavy (non-hydrogen) atoms. The molecular formula is C17H20N2O2. The Morgan fingerprint density at radius 2 is 1.90 bits per heavy atom. The molecule has 3 rings (SSSR count). The van der Waals surface area contributed by atoms with Crippen LogP contribution in [0.3, 0.4) is 0 Å². The average molecular weight is 284 g/mol. The third-order valence-corrected chi connectivity index (χ3v) is 4.02. The van der Waals surface area contributed by atoms with E-state index in [9.17, 15) is 0 Å². The number of benzene rings is 2. The van der Waals surface area contributed by atoms with Crippen LogP contribution in [0.2, 0.25) is 0 Å². The summed E-state index contributed by atoms with van der Waals surface area (Å²) in [6.45, 7) is 1.36. The predicted octanol–water partition coefficient (Wildman–Crippen LogP) is 2.72. The van der Waals surface area contributed by atoms with Crippen LogP contribution >= 0.6 is 0 Å². The number of fused-ring (bicyclic) bond motifs is 1. The number of rotatable bonds is 4. The Morgan fingerprint density at radius 3 is 2.52 bits per heavy atom. The zero-order valence-electron chi connectivity index (χ0n) is 12.4. The highest BCUT2D eigenvalue weighted by Gasteiger charge is 2.32. The molecule has 0 saturated carbocycles. The van der Waals surface area contributed by atoms with E-state index in [1.54, 1.807) is 14.2 Å². The van der Waals surface area contributed by atoms with Crippen LogP contribution in [0.25, 0.3) is 0 Å². The summed E-state index contributed by atoms with van der Waals surface area (Å²) in [6.07, 6.45) is 0. The SMILES string of the molecule is COc1cc2c(c(OC)c1)C(CN)N(c1ccccc1)C2. The molecule has 0 saturated heterocycles. The van der Waals surface area contributed by atoms with Gasteiger partial charge in [0, 0.05) is 30.4 Å². The topological polar surface area (TPSA) is 47.7 Å². The van der Waals surface area contributed by atoms with E-state index in [0.717, 1.165) is 18.0 Å². The fourth-order valence-corrected chi connectivity index (χ4v) is 3.04. The molecule has 4 nitrogen and oxygen atoms in total. The Labute approximate surface area is 125 Å². The molecule has 0 amide bonds. The lowest BCUT2D eigenvalue weighted by Crippen LogP contribution is -2.27. The van der Waals surface area contributed by atoms with Crippen molar-refractivity contribution in [1.82, 2.24) is 0 Å². The van der Waals surface area contributed by atoms with Gasteiger partial charge in [0.05, 0.1) is 20.3 Å². The van der Waals surface area contributed by atoms with E-state index in [1.165, 1.54) is 16.8 Å². The lowest BCUT2D eigenvalue weighted by Gasteiger charge is -2.26. The minimum absolute atomic E-state index is 0.128. The number of para-hydroxylation sites is 1. The van der Waals surface area contributed by atoms with Gasteiger partial charge in [-0.15, -0.1) is 0 Å². The first-order chi connectivity index (χ1) is 10.3. The van der Waals surface area contributed by atoms with E-state index in [-0.39, 0.29) is 6.04 Å². The van der Waals surface area contributed by atoms with Crippen molar-refractivity contribution in [3.8, 4) is 11.5 Å². The molecule has 110 valence electrons. The molecule has 0 aliphatic carbocycles. The van der Waals surface area contributed by atoms with E-state index in [4.69, 9.17) is 15.2 Å². The summed E-state index contributed by atoms with van der Waals surface area (Å²) in [4.78, 5) is 2.31. The summed E-state index contributed by atoms with van der Waals surface area (Å²) in [5.74, 6) is 1.66. The molecular weight excluding hydrogens is 264 g/mol. The summed E-state index contributed by atoms with van der Waals surface area (Å²) in [6, 6.07) is 14.5. The second kappa shape index (κ2) is 5.66. The van der Waals surface area contributed by atoms with Crippen molar-refractivity contribution in [1.29, 1.82) is 0 Å². The fraction of sp³-hybridized carbons (Fsp3) is 0.294. The van der Waals surface area contributed by atoms with Crippen molar-refractivity contribution in [3.05, 3.63) is 53.6 Å². The van der Waals surface area contributed by atoms with Crippen molar-refractivity contribution in [2.45, 2.75) is 12.6 Å². The summed E-state index contributed by atoms with van der Waals surface area (Å²) in [5, 5.41) is 0. The molecule has 0 fully saturated rings. The van der Waals surface area contributed by atoms with Crippen LogP contribution in [0.1, 0.15) is 17.2 Å². The van der Waals surface area contributed by atoms with Gasteiger partial charge in [-0.3, -0.25) is 0 Å². The average Bonchev–Trinajstić information content (AvgIpc) is 2.93.